The number of carbonyl (C=O) groups is 3. The summed E-state index contributed by atoms with van der Waals surface area (Å²) < 4.78 is 42.5. The number of amides is 1. The molecule has 0 aliphatic rings. The summed E-state index contributed by atoms with van der Waals surface area (Å²) in [5.74, 6) is -1.60. The Morgan fingerprint density at radius 2 is 1.71 bits per heavy atom. The molecule has 12 heteroatoms. The minimum absolute atomic E-state index is 0.141. The lowest BCUT2D eigenvalue weighted by Gasteiger charge is -2.28. The van der Waals surface area contributed by atoms with E-state index in [1.54, 1.807) is 6.92 Å². The molecule has 0 spiro atoms. The quantitative estimate of drug-likeness (QED) is 0.232. The molecule has 0 bridgehead atoms. The molecule has 0 radical (unpaired) electrons. The Morgan fingerprint density at radius 3 is 2.29 bits per heavy atom. The van der Waals surface area contributed by atoms with Crippen LogP contribution in [0.25, 0.3) is 0 Å². The fourth-order valence-corrected chi connectivity index (χ4v) is 2.82. The number of aliphatic hydroxyl groups is 1. The van der Waals surface area contributed by atoms with Crippen molar-refractivity contribution in [1.82, 2.24) is 5.32 Å². The molecule has 0 aromatic carbocycles. The Labute approximate surface area is 164 Å². The molecule has 0 unspecified atom stereocenters. The second kappa shape index (κ2) is 12.5. The average Bonchev–Trinajstić information content (AvgIpc) is 2.60. The van der Waals surface area contributed by atoms with Crippen LogP contribution in [-0.4, -0.2) is 76.4 Å². The number of hydrogen-bond donors (Lipinski definition) is 2. The van der Waals surface area contributed by atoms with Gasteiger partial charge in [0, 0.05) is 18.9 Å². The van der Waals surface area contributed by atoms with Gasteiger partial charge < -0.3 is 24.6 Å². The number of carbonyl (C=O) groups excluding carboxylic acids is 3. The zero-order chi connectivity index (χ0) is 21.8. The molecule has 0 aliphatic heterocycles. The molecule has 0 rings (SSSR count). The van der Waals surface area contributed by atoms with Gasteiger partial charge in [-0.3, -0.25) is 8.98 Å². The second-order valence-corrected chi connectivity index (χ2v) is 8.21. The Balaban J connectivity index is 4.33. The van der Waals surface area contributed by atoms with Crippen LogP contribution < -0.4 is 5.32 Å². The van der Waals surface area contributed by atoms with E-state index in [-0.39, 0.29) is 44.4 Å². The average molecular weight is 427 g/mol. The van der Waals surface area contributed by atoms with E-state index >= 15 is 0 Å². The van der Waals surface area contributed by atoms with Crippen LogP contribution in [0.2, 0.25) is 0 Å². The van der Waals surface area contributed by atoms with Crippen molar-refractivity contribution in [3.8, 4) is 0 Å². The molecule has 0 heterocycles. The molecule has 1 atom stereocenters. The fourth-order valence-electron chi connectivity index (χ4n) is 1.72. The predicted molar refractivity (Wildman–Crippen MR) is 96.8 cm³/mol. The third kappa shape index (κ3) is 11.7. The Morgan fingerprint density at radius 1 is 1.11 bits per heavy atom. The van der Waals surface area contributed by atoms with Crippen molar-refractivity contribution in [2.45, 2.75) is 40.2 Å². The highest BCUT2D eigenvalue weighted by molar-refractivity contribution is 7.86. The first-order chi connectivity index (χ1) is 12.9. The van der Waals surface area contributed by atoms with Crippen LogP contribution in [0.1, 0.15) is 34.1 Å². The fraction of sp³-hybridized carbons (Fsp3) is 0.812. The summed E-state index contributed by atoms with van der Waals surface area (Å²) in [7, 11) is -3.89. The number of ether oxygens (including phenoxy) is 3. The van der Waals surface area contributed by atoms with Crippen molar-refractivity contribution < 1.29 is 46.3 Å². The zero-order valence-corrected chi connectivity index (χ0v) is 17.4. The summed E-state index contributed by atoms with van der Waals surface area (Å²) in [4.78, 5) is 33.6. The van der Waals surface area contributed by atoms with Gasteiger partial charge in [0.25, 0.3) is 10.1 Å². The molecule has 0 aliphatic carbocycles. The molecule has 0 fully saturated rings. The molecule has 11 nitrogen and oxygen atoms in total. The Bertz CT molecular complexity index is 617. The number of aliphatic hydroxyl groups excluding tert-OH is 1. The standard InChI is InChI=1S/C16H29NO10S/c1-5-24-15(21)26-9-8-25-14(20)13(19)16(3,4)11-27-28(22,23)10-6-7-17-12(2)18/h13,19H,5-11H2,1-4H3,(H,17,18)/t13-/m1/s1. The molecule has 0 aromatic heterocycles. The number of nitrogens with one attached hydrogen (secondary N) is 1. The highest BCUT2D eigenvalue weighted by atomic mass is 32.2. The van der Waals surface area contributed by atoms with E-state index in [1.807, 2.05) is 0 Å². The van der Waals surface area contributed by atoms with Gasteiger partial charge in [-0.2, -0.15) is 8.42 Å². The van der Waals surface area contributed by atoms with Crippen LogP contribution in [0.4, 0.5) is 4.79 Å². The minimum Gasteiger partial charge on any atom is -0.460 e. The van der Waals surface area contributed by atoms with Crippen LogP contribution in [0.5, 0.6) is 0 Å². The highest BCUT2D eigenvalue weighted by Crippen LogP contribution is 2.23. The topological polar surface area (TPSA) is 155 Å². The van der Waals surface area contributed by atoms with E-state index in [0.717, 1.165) is 0 Å². The van der Waals surface area contributed by atoms with Crippen LogP contribution in [0.3, 0.4) is 0 Å². The van der Waals surface area contributed by atoms with Crippen molar-refractivity contribution in [2.75, 3.05) is 38.7 Å². The van der Waals surface area contributed by atoms with Crippen LogP contribution in [0.15, 0.2) is 0 Å². The van der Waals surface area contributed by atoms with Crippen molar-refractivity contribution in [3.05, 3.63) is 0 Å². The van der Waals surface area contributed by atoms with Gasteiger partial charge in [-0.1, -0.05) is 13.8 Å². The molecular weight excluding hydrogens is 398 g/mol. The molecule has 0 aromatic rings. The lowest BCUT2D eigenvalue weighted by molar-refractivity contribution is -0.162. The van der Waals surface area contributed by atoms with Crippen molar-refractivity contribution in [1.29, 1.82) is 0 Å². The Kier molecular flexibility index (Phi) is 11.7. The minimum atomic E-state index is -3.89. The highest BCUT2D eigenvalue weighted by Gasteiger charge is 2.36. The number of hydrogen-bond acceptors (Lipinski definition) is 10. The van der Waals surface area contributed by atoms with Gasteiger partial charge in [0.15, 0.2) is 6.10 Å². The molecule has 28 heavy (non-hydrogen) atoms. The maximum atomic E-state index is 11.9. The summed E-state index contributed by atoms with van der Waals surface area (Å²) in [6.07, 6.45) is -2.41. The van der Waals surface area contributed by atoms with Gasteiger partial charge in [-0.15, -0.1) is 0 Å². The second-order valence-electron chi connectivity index (χ2n) is 6.45. The third-order valence-corrected chi connectivity index (χ3v) is 4.59. The molecule has 164 valence electrons. The van der Waals surface area contributed by atoms with Gasteiger partial charge in [-0.05, 0) is 13.3 Å². The SMILES string of the molecule is CCOC(=O)OCCOC(=O)[C@@H](O)C(C)(C)COS(=O)(=O)CCCNC(C)=O. The molecular formula is C16H29NO10S. The van der Waals surface area contributed by atoms with Gasteiger partial charge in [-0.25, -0.2) is 9.59 Å². The summed E-state index contributed by atoms with van der Waals surface area (Å²) in [5.41, 5.74) is -1.26. The van der Waals surface area contributed by atoms with E-state index < -0.39 is 40.4 Å². The summed E-state index contributed by atoms with van der Waals surface area (Å²) in [6.45, 7) is 5.10. The van der Waals surface area contributed by atoms with Crippen LogP contribution in [0, 0.1) is 5.41 Å². The molecule has 0 saturated heterocycles. The number of rotatable bonds is 13. The van der Waals surface area contributed by atoms with Gasteiger partial charge in [0.05, 0.1) is 19.0 Å². The summed E-state index contributed by atoms with van der Waals surface area (Å²) >= 11 is 0. The van der Waals surface area contributed by atoms with E-state index in [9.17, 15) is 27.9 Å². The van der Waals surface area contributed by atoms with Crippen molar-refractivity contribution in [2.24, 2.45) is 5.41 Å². The van der Waals surface area contributed by atoms with Gasteiger partial charge in [0.1, 0.15) is 13.2 Å². The van der Waals surface area contributed by atoms with Crippen molar-refractivity contribution in [3.63, 3.8) is 0 Å². The van der Waals surface area contributed by atoms with E-state index in [2.05, 4.69) is 14.8 Å². The first-order valence-electron chi connectivity index (χ1n) is 8.67. The van der Waals surface area contributed by atoms with E-state index in [1.165, 1.54) is 20.8 Å². The smallest absolute Gasteiger partial charge is 0.460 e. The van der Waals surface area contributed by atoms with Crippen LogP contribution in [-0.2, 0) is 38.1 Å². The Hall–Kier alpha value is -1.92. The largest absolute Gasteiger partial charge is 0.508 e. The number of esters is 1. The van der Waals surface area contributed by atoms with Gasteiger partial charge in [0.2, 0.25) is 5.91 Å². The van der Waals surface area contributed by atoms with Crippen LogP contribution >= 0.6 is 0 Å². The lowest BCUT2D eigenvalue weighted by Crippen LogP contribution is -2.42. The van der Waals surface area contributed by atoms with E-state index in [0.29, 0.717) is 0 Å². The summed E-state index contributed by atoms with van der Waals surface area (Å²) in [5, 5.41) is 12.5. The van der Waals surface area contributed by atoms with Crippen molar-refractivity contribution >= 4 is 28.1 Å². The molecule has 0 saturated carbocycles. The summed E-state index contributed by atoms with van der Waals surface area (Å²) in [6, 6.07) is 0. The maximum absolute atomic E-state index is 11.9. The predicted octanol–water partition coefficient (Wildman–Crippen LogP) is -0.0376. The van der Waals surface area contributed by atoms with Gasteiger partial charge >= 0.3 is 12.1 Å². The lowest BCUT2D eigenvalue weighted by atomic mass is 9.88. The molecule has 1 amide bonds. The monoisotopic (exact) mass is 427 g/mol. The first-order valence-corrected chi connectivity index (χ1v) is 10.2. The maximum Gasteiger partial charge on any atom is 0.508 e. The first kappa shape index (κ1) is 26.1. The molecule has 2 N–H and O–H groups in total. The zero-order valence-electron chi connectivity index (χ0n) is 16.6. The van der Waals surface area contributed by atoms with E-state index in [4.69, 9.17) is 8.92 Å². The third-order valence-electron chi connectivity index (χ3n) is 3.33. The normalized spacial score (nSPS) is 12.8.